The second-order valence-electron chi connectivity index (χ2n) is 2.59. The quantitative estimate of drug-likeness (QED) is 0.743. The first kappa shape index (κ1) is 9.87. The van der Waals surface area contributed by atoms with Crippen molar-refractivity contribution in [3.8, 4) is 0 Å². The highest BCUT2D eigenvalue weighted by Gasteiger charge is 1.98. The highest BCUT2D eigenvalue weighted by atomic mass is 79.9. The lowest BCUT2D eigenvalue weighted by Crippen LogP contribution is -2.19. The molecule has 0 aliphatic heterocycles. The molecule has 0 saturated carbocycles. The number of alkyl halides is 1. The molecule has 0 aliphatic carbocycles. The van der Waals surface area contributed by atoms with Crippen molar-refractivity contribution in [1.29, 1.82) is 0 Å². The van der Waals surface area contributed by atoms with E-state index < -0.39 is 0 Å². The van der Waals surface area contributed by atoms with Crippen LogP contribution in [0.5, 0.6) is 0 Å². The fourth-order valence-electron chi connectivity index (χ4n) is 0.969. The Morgan fingerprint density at radius 3 is 2.83 bits per heavy atom. The lowest BCUT2D eigenvalue weighted by molar-refractivity contribution is 0.983. The van der Waals surface area contributed by atoms with Gasteiger partial charge >= 0.3 is 0 Å². The van der Waals surface area contributed by atoms with Gasteiger partial charge in [0.25, 0.3) is 0 Å². The molecule has 1 nitrogen and oxygen atoms in total. The number of halogens is 2. The fourth-order valence-corrected chi connectivity index (χ4v) is 1.69. The molecule has 0 N–H and O–H groups in total. The highest BCUT2D eigenvalue weighted by Crippen LogP contribution is 2.17. The van der Waals surface area contributed by atoms with Crippen molar-refractivity contribution in [2.45, 2.75) is 0 Å². The number of hydrogen-bond donors (Lipinski definition) is 0. The molecule has 0 unspecified atom stereocenters. The van der Waals surface area contributed by atoms with Crippen molar-refractivity contribution in [2.75, 3.05) is 23.8 Å². The molecule has 0 spiro atoms. The van der Waals surface area contributed by atoms with Crippen molar-refractivity contribution in [1.82, 2.24) is 0 Å². The number of benzene rings is 1. The highest BCUT2D eigenvalue weighted by molar-refractivity contribution is 9.09. The topological polar surface area (TPSA) is 3.24 Å². The zero-order valence-electron chi connectivity index (χ0n) is 6.93. The molecule has 0 radical (unpaired) electrons. The standard InChI is InChI=1S/C9H11BrClN/c1-12(6-5-10)9-4-2-3-8(11)7-9/h2-4,7H,5-6H2,1H3. The number of nitrogens with zero attached hydrogens (tertiary/aromatic N) is 1. The maximum Gasteiger partial charge on any atom is 0.0426 e. The van der Waals surface area contributed by atoms with Crippen molar-refractivity contribution in [3.63, 3.8) is 0 Å². The van der Waals surface area contributed by atoms with E-state index in [9.17, 15) is 0 Å². The molecular formula is C9H11BrClN. The van der Waals surface area contributed by atoms with E-state index in [0.29, 0.717) is 0 Å². The Kier molecular flexibility index (Phi) is 3.89. The van der Waals surface area contributed by atoms with Gasteiger partial charge in [0.05, 0.1) is 0 Å². The summed E-state index contributed by atoms with van der Waals surface area (Å²) in [6.45, 7) is 0.986. The number of rotatable bonds is 3. The summed E-state index contributed by atoms with van der Waals surface area (Å²) in [4.78, 5) is 2.15. The smallest absolute Gasteiger partial charge is 0.0426 e. The first-order chi connectivity index (χ1) is 5.74. The van der Waals surface area contributed by atoms with Gasteiger partial charge in [0.15, 0.2) is 0 Å². The van der Waals surface area contributed by atoms with Gasteiger partial charge in [-0.2, -0.15) is 0 Å². The van der Waals surface area contributed by atoms with E-state index in [1.165, 1.54) is 0 Å². The zero-order chi connectivity index (χ0) is 8.97. The van der Waals surface area contributed by atoms with Gasteiger partial charge in [0.2, 0.25) is 0 Å². The molecule has 1 aromatic rings. The van der Waals surface area contributed by atoms with Gasteiger partial charge in [-0.25, -0.2) is 0 Å². The molecule has 1 aromatic carbocycles. The van der Waals surface area contributed by atoms with Gasteiger partial charge in [-0.05, 0) is 18.2 Å². The summed E-state index contributed by atoms with van der Waals surface area (Å²) in [5, 5.41) is 1.75. The lowest BCUT2D eigenvalue weighted by atomic mass is 10.3. The summed E-state index contributed by atoms with van der Waals surface area (Å²) < 4.78 is 0. The first-order valence-electron chi connectivity index (χ1n) is 3.76. The number of anilines is 1. The second-order valence-corrected chi connectivity index (χ2v) is 3.82. The third-order valence-corrected chi connectivity index (χ3v) is 2.26. The van der Waals surface area contributed by atoms with Crippen LogP contribution in [-0.4, -0.2) is 18.9 Å². The Morgan fingerprint density at radius 2 is 2.25 bits per heavy atom. The summed E-state index contributed by atoms with van der Waals surface area (Å²) >= 11 is 9.24. The van der Waals surface area contributed by atoms with Crippen molar-refractivity contribution < 1.29 is 0 Å². The fraction of sp³-hybridized carbons (Fsp3) is 0.333. The Labute approximate surface area is 86.5 Å². The maximum absolute atomic E-state index is 5.85. The van der Waals surface area contributed by atoms with Crippen LogP contribution >= 0.6 is 27.5 Å². The Hall–Kier alpha value is -0.210. The molecule has 3 heteroatoms. The van der Waals surface area contributed by atoms with Gasteiger partial charge in [0, 0.05) is 29.6 Å². The van der Waals surface area contributed by atoms with Gasteiger partial charge < -0.3 is 4.90 Å². The van der Waals surface area contributed by atoms with Crippen LogP contribution in [0.15, 0.2) is 24.3 Å². The van der Waals surface area contributed by atoms with E-state index in [4.69, 9.17) is 11.6 Å². The van der Waals surface area contributed by atoms with Crippen LogP contribution < -0.4 is 4.90 Å². The van der Waals surface area contributed by atoms with Crippen LogP contribution in [0, 0.1) is 0 Å². The first-order valence-corrected chi connectivity index (χ1v) is 5.26. The van der Waals surface area contributed by atoms with E-state index >= 15 is 0 Å². The monoisotopic (exact) mass is 247 g/mol. The van der Waals surface area contributed by atoms with Crippen molar-refractivity contribution in [2.24, 2.45) is 0 Å². The van der Waals surface area contributed by atoms with Crippen LogP contribution in [0.4, 0.5) is 5.69 Å². The Bertz CT molecular complexity index is 252. The second kappa shape index (κ2) is 4.73. The number of hydrogen-bond acceptors (Lipinski definition) is 1. The summed E-state index contributed by atoms with van der Waals surface area (Å²) in [6, 6.07) is 7.86. The van der Waals surface area contributed by atoms with Gasteiger partial charge in [-0.3, -0.25) is 0 Å². The normalized spacial score (nSPS) is 9.92. The van der Waals surface area contributed by atoms with E-state index in [1.807, 2.05) is 25.2 Å². The minimum Gasteiger partial charge on any atom is -0.374 e. The molecule has 1 rings (SSSR count). The minimum absolute atomic E-state index is 0.786. The molecule has 0 aromatic heterocycles. The third-order valence-electron chi connectivity index (χ3n) is 1.67. The molecule has 0 atom stereocenters. The minimum atomic E-state index is 0.786. The van der Waals surface area contributed by atoms with Crippen LogP contribution in [0.1, 0.15) is 0 Å². The molecule has 0 aliphatic rings. The molecule has 0 fully saturated rings. The SMILES string of the molecule is CN(CCBr)c1cccc(Cl)c1. The van der Waals surface area contributed by atoms with Crippen molar-refractivity contribution in [3.05, 3.63) is 29.3 Å². The van der Waals surface area contributed by atoms with Crippen LogP contribution in [-0.2, 0) is 0 Å². The summed E-state index contributed by atoms with van der Waals surface area (Å²) in [5.41, 5.74) is 1.15. The molecule has 0 amide bonds. The molecule has 0 saturated heterocycles. The average molecular weight is 249 g/mol. The predicted octanol–water partition coefficient (Wildman–Crippen LogP) is 3.17. The summed E-state index contributed by atoms with van der Waals surface area (Å²) in [5.74, 6) is 0. The van der Waals surface area contributed by atoms with E-state index in [-0.39, 0.29) is 0 Å². The largest absolute Gasteiger partial charge is 0.374 e. The molecule has 0 heterocycles. The molecular weight excluding hydrogens is 237 g/mol. The molecule has 12 heavy (non-hydrogen) atoms. The van der Waals surface area contributed by atoms with E-state index in [0.717, 1.165) is 22.6 Å². The van der Waals surface area contributed by atoms with Crippen molar-refractivity contribution >= 4 is 33.2 Å². The van der Waals surface area contributed by atoms with Crippen LogP contribution in [0.25, 0.3) is 0 Å². The zero-order valence-corrected chi connectivity index (χ0v) is 9.27. The van der Waals surface area contributed by atoms with Crippen LogP contribution in [0.3, 0.4) is 0 Å². The lowest BCUT2D eigenvalue weighted by Gasteiger charge is -2.17. The maximum atomic E-state index is 5.85. The third kappa shape index (κ3) is 2.68. The Morgan fingerprint density at radius 1 is 1.50 bits per heavy atom. The Balaban J connectivity index is 2.73. The summed E-state index contributed by atoms with van der Waals surface area (Å²) in [7, 11) is 2.05. The van der Waals surface area contributed by atoms with Gasteiger partial charge in [0.1, 0.15) is 0 Å². The molecule has 66 valence electrons. The predicted molar refractivity (Wildman–Crippen MR) is 58.5 cm³/mol. The molecule has 0 bridgehead atoms. The summed E-state index contributed by atoms with van der Waals surface area (Å²) in [6.07, 6.45) is 0. The van der Waals surface area contributed by atoms with Gasteiger partial charge in [-0.15, -0.1) is 0 Å². The van der Waals surface area contributed by atoms with Gasteiger partial charge in [-0.1, -0.05) is 33.6 Å². The van der Waals surface area contributed by atoms with E-state index in [1.54, 1.807) is 0 Å². The van der Waals surface area contributed by atoms with Crippen LogP contribution in [0.2, 0.25) is 5.02 Å². The van der Waals surface area contributed by atoms with E-state index in [2.05, 4.69) is 26.9 Å². The average Bonchev–Trinajstić information content (AvgIpc) is 2.05.